The Balaban J connectivity index is 2.51. The zero-order chi connectivity index (χ0) is 15.6. The summed E-state index contributed by atoms with van der Waals surface area (Å²) in [6.45, 7) is 0. The van der Waals surface area contributed by atoms with E-state index in [1.165, 1.54) is 24.3 Å². The maximum absolute atomic E-state index is 13.6. The first-order valence-corrected chi connectivity index (χ1v) is 6.00. The zero-order valence-corrected chi connectivity index (χ0v) is 11.0. The third kappa shape index (κ3) is 3.72. The van der Waals surface area contributed by atoms with Crippen LogP contribution in [-0.4, -0.2) is 11.6 Å². The standard InChI is InChI=1S/C14H7ClF4O2/c15-13(20)12-10(5-2-6-11(12)16)8-3-1-4-9(7-8)21-14(17,18)19/h1-7H. The van der Waals surface area contributed by atoms with E-state index in [-0.39, 0.29) is 11.1 Å². The van der Waals surface area contributed by atoms with Crippen molar-refractivity contribution in [3.8, 4) is 16.9 Å². The SMILES string of the molecule is O=C(Cl)c1c(F)cccc1-c1cccc(OC(F)(F)F)c1. The molecule has 0 atom stereocenters. The molecule has 110 valence electrons. The van der Waals surface area contributed by atoms with Crippen LogP contribution >= 0.6 is 11.6 Å². The van der Waals surface area contributed by atoms with Gasteiger partial charge in [-0.2, -0.15) is 0 Å². The molecule has 2 nitrogen and oxygen atoms in total. The number of carbonyl (C=O) groups excluding carboxylic acids is 1. The summed E-state index contributed by atoms with van der Waals surface area (Å²) in [5.74, 6) is -1.33. The summed E-state index contributed by atoms with van der Waals surface area (Å²) in [4.78, 5) is 11.3. The first-order valence-electron chi connectivity index (χ1n) is 5.62. The van der Waals surface area contributed by atoms with Gasteiger partial charge in [-0.25, -0.2) is 4.39 Å². The molecule has 0 radical (unpaired) electrons. The monoisotopic (exact) mass is 318 g/mol. The van der Waals surface area contributed by atoms with E-state index in [9.17, 15) is 22.4 Å². The van der Waals surface area contributed by atoms with E-state index in [1.54, 1.807) is 0 Å². The molecule has 0 saturated carbocycles. The normalized spacial score (nSPS) is 11.3. The number of hydrogen-bond donors (Lipinski definition) is 0. The van der Waals surface area contributed by atoms with Crippen molar-refractivity contribution >= 4 is 16.8 Å². The number of benzene rings is 2. The van der Waals surface area contributed by atoms with Crippen LogP contribution in [-0.2, 0) is 0 Å². The van der Waals surface area contributed by atoms with Crippen molar-refractivity contribution in [2.75, 3.05) is 0 Å². The molecule has 0 aliphatic carbocycles. The molecule has 0 aliphatic heterocycles. The van der Waals surface area contributed by atoms with Crippen molar-refractivity contribution in [1.82, 2.24) is 0 Å². The lowest BCUT2D eigenvalue weighted by Gasteiger charge is -2.11. The molecule has 7 heteroatoms. The molecule has 21 heavy (non-hydrogen) atoms. The van der Waals surface area contributed by atoms with Crippen LogP contribution in [0.15, 0.2) is 42.5 Å². The highest BCUT2D eigenvalue weighted by Crippen LogP contribution is 2.31. The average molecular weight is 319 g/mol. The van der Waals surface area contributed by atoms with Gasteiger partial charge in [0.2, 0.25) is 0 Å². The number of carbonyl (C=O) groups is 1. The highest BCUT2D eigenvalue weighted by molar-refractivity contribution is 6.68. The molecular formula is C14H7ClF4O2. The van der Waals surface area contributed by atoms with E-state index < -0.39 is 28.7 Å². The largest absolute Gasteiger partial charge is 0.573 e. The molecule has 0 heterocycles. The van der Waals surface area contributed by atoms with Gasteiger partial charge in [-0.15, -0.1) is 13.2 Å². The van der Waals surface area contributed by atoms with Crippen molar-refractivity contribution in [1.29, 1.82) is 0 Å². The number of ether oxygens (including phenoxy) is 1. The Morgan fingerprint density at radius 1 is 1.10 bits per heavy atom. The fourth-order valence-corrected chi connectivity index (χ4v) is 2.02. The van der Waals surface area contributed by atoms with Gasteiger partial charge in [0.05, 0.1) is 5.56 Å². The smallest absolute Gasteiger partial charge is 0.406 e. The predicted octanol–water partition coefficient (Wildman–Crippen LogP) is 4.77. The molecule has 2 aromatic rings. The molecule has 0 aromatic heterocycles. The lowest BCUT2D eigenvalue weighted by Crippen LogP contribution is -2.17. The van der Waals surface area contributed by atoms with Crippen molar-refractivity contribution in [2.45, 2.75) is 6.36 Å². The fraction of sp³-hybridized carbons (Fsp3) is 0.0714. The van der Waals surface area contributed by atoms with Crippen LogP contribution in [0, 0.1) is 5.82 Å². The van der Waals surface area contributed by atoms with Crippen LogP contribution in [0.4, 0.5) is 17.6 Å². The summed E-state index contributed by atoms with van der Waals surface area (Å²) in [6, 6.07) is 8.60. The highest BCUT2D eigenvalue weighted by Gasteiger charge is 2.31. The maximum atomic E-state index is 13.6. The lowest BCUT2D eigenvalue weighted by molar-refractivity contribution is -0.274. The van der Waals surface area contributed by atoms with Crippen molar-refractivity contribution < 1.29 is 27.1 Å². The molecule has 0 saturated heterocycles. The van der Waals surface area contributed by atoms with Crippen molar-refractivity contribution in [3.63, 3.8) is 0 Å². The number of halogens is 5. The number of hydrogen-bond acceptors (Lipinski definition) is 2. The Morgan fingerprint density at radius 2 is 1.76 bits per heavy atom. The molecule has 0 amide bonds. The van der Waals surface area contributed by atoms with Gasteiger partial charge in [-0.1, -0.05) is 24.3 Å². The third-order valence-corrected chi connectivity index (χ3v) is 2.78. The molecule has 2 aromatic carbocycles. The van der Waals surface area contributed by atoms with Crippen LogP contribution in [0.2, 0.25) is 0 Å². The predicted molar refractivity (Wildman–Crippen MR) is 68.7 cm³/mol. The van der Waals surface area contributed by atoms with Crippen LogP contribution in [0.25, 0.3) is 11.1 Å². The molecule has 2 rings (SSSR count). The van der Waals surface area contributed by atoms with E-state index in [0.717, 1.165) is 18.2 Å². The Kier molecular flexibility index (Phi) is 4.18. The fourth-order valence-electron chi connectivity index (χ4n) is 1.83. The molecular weight excluding hydrogens is 312 g/mol. The molecule has 0 spiro atoms. The minimum Gasteiger partial charge on any atom is -0.406 e. The van der Waals surface area contributed by atoms with Crippen LogP contribution in [0.5, 0.6) is 5.75 Å². The van der Waals surface area contributed by atoms with E-state index in [4.69, 9.17) is 11.6 Å². The van der Waals surface area contributed by atoms with E-state index in [0.29, 0.717) is 0 Å². The maximum Gasteiger partial charge on any atom is 0.573 e. The molecule has 0 fully saturated rings. The number of alkyl halides is 3. The van der Waals surface area contributed by atoms with Gasteiger partial charge in [0.1, 0.15) is 11.6 Å². The second kappa shape index (κ2) is 5.73. The molecule has 0 unspecified atom stereocenters. The Labute approximate surface area is 121 Å². The van der Waals surface area contributed by atoms with Gasteiger partial charge in [0.15, 0.2) is 0 Å². The highest BCUT2D eigenvalue weighted by atomic mass is 35.5. The van der Waals surface area contributed by atoms with Gasteiger partial charge in [-0.05, 0) is 40.9 Å². The van der Waals surface area contributed by atoms with Gasteiger partial charge in [0.25, 0.3) is 5.24 Å². The summed E-state index contributed by atoms with van der Waals surface area (Å²) < 4.78 is 54.0. The third-order valence-electron chi connectivity index (χ3n) is 2.59. The van der Waals surface area contributed by atoms with Crippen LogP contribution in [0.1, 0.15) is 10.4 Å². The summed E-state index contributed by atoms with van der Waals surface area (Å²) in [7, 11) is 0. The topological polar surface area (TPSA) is 26.3 Å². The van der Waals surface area contributed by atoms with Gasteiger partial charge in [0, 0.05) is 0 Å². The van der Waals surface area contributed by atoms with Crippen LogP contribution < -0.4 is 4.74 Å². The van der Waals surface area contributed by atoms with Crippen LogP contribution in [0.3, 0.4) is 0 Å². The quantitative estimate of drug-likeness (QED) is 0.602. The van der Waals surface area contributed by atoms with Crippen molar-refractivity contribution in [3.05, 3.63) is 53.8 Å². The molecule has 0 bridgehead atoms. The minimum atomic E-state index is -4.84. The summed E-state index contributed by atoms with van der Waals surface area (Å²) in [5, 5.41) is -1.04. The zero-order valence-electron chi connectivity index (χ0n) is 10.2. The number of rotatable bonds is 3. The van der Waals surface area contributed by atoms with Gasteiger partial charge >= 0.3 is 6.36 Å². The van der Waals surface area contributed by atoms with Gasteiger partial charge in [-0.3, -0.25) is 4.79 Å². The summed E-state index contributed by atoms with van der Waals surface area (Å²) in [6.07, 6.45) is -4.84. The Bertz CT molecular complexity index is 683. The first-order chi connectivity index (χ1) is 9.78. The molecule has 0 aliphatic rings. The lowest BCUT2D eigenvalue weighted by atomic mass is 10.00. The molecule has 0 N–H and O–H groups in total. The van der Waals surface area contributed by atoms with Gasteiger partial charge < -0.3 is 4.74 Å². The first kappa shape index (κ1) is 15.3. The minimum absolute atomic E-state index is 0.0858. The second-order valence-corrected chi connectivity index (χ2v) is 4.36. The average Bonchev–Trinajstić information content (AvgIpc) is 2.36. The second-order valence-electron chi connectivity index (χ2n) is 4.01. The van der Waals surface area contributed by atoms with Crippen molar-refractivity contribution in [2.24, 2.45) is 0 Å². The Hall–Kier alpha value is -2.08. The van der Waals surface area contributed by atoms with E-state index in [1.807, 2.05) is 0 Å². The summed E-state index contributed by atoms with van der Waals surface area (Å²) in [5.41, 5.74) is -0.133. The van der Waals surface area contributed by atoms with E-state index in [2.05, 4.69) is 4.74 Å². The summed E-state index contributed by atoms with van der Waals surface area (Å²) >= 11 is 5.32. The van der Waals surface area contributed by atoms with E-state index >= 15 is 0 Å². The Morgan fingerprint density at radius 3 is 2.38 bits per heavy atom.